The second-order valence-electron chi connectivity index (χ2n) is 5.54. The van der Waals surface area contributed by atoms with Gasteiger partial charge in [0, 0.05) is 23.7 Å². The van der Waals surface area contributed by atoms with Crippen molar-refractivity contribution in [3.8, 4) is 11.3 Å². The fraction of sp³-hybridized carbons (Fsp3) is 0.333. The molecule has 0 saturated heterocycles. The second-order valence-corrected chi connectivity index (χ2v) is 5.54. The highest BCUT2D eigenvalue weighted by molar-refractivity contribution is 5.95. The highest BCUT2D eigenvalue weighted by Crippen LogP contribution is 2.23. The van der Waals surface area contributed by atoms with E-state index in [0.717, 1.165) is 6.07 Å². The molecule has 2 rings (SSSR count). The number of aliphatic carboxylic acids is 1. The fourth-order valence-corrected chi connectivity index (χ4v) is 2.09. The normalized spacial score (nSPS) is 12.2. The molecule has 0 aliphatic carbocycles. The van der Waals surface area contributed by atoms with Gasteiger partial charge in [-0.15, -0.1) is 5.10 Å². The maximum Gasteiger partial charge on any atom is 0.322 e. The number of carboxylic acid groups (broad SMARTS) is 1. The zero-order valence-corrected chi connectivity index (χ0v) is 13.2. The molecule has 1 heterocycles. The van der Waals surface area contributed by atoms with Gasteiger partial charge in [-0.3, -0.25) is 9.59 Å². The number of carbonyl (C=O) groups excluding carboxylic acids is 1. The zero-order valence-electron chi connectivity index (χ0n) is 13.2. The van der Waals surface area contributed by atoms with E-state index in [1.54, 1.807) is 4.68 Å². The van der Waals surface area contributed by atoms with Gasteiger partial charge in [0.05, 0.1) is 11.9 Å². The molecule has 0 fully saturated rings. The van der Waals surface area contributed by atoms with Crippen molar-refractivity contribution in [1.29, 1.82) is 0 Å². The van der Waals surface area contributed by atoms with Gasteiger partial charge in [0.15, 0.2) is 0 Å². The number of aromatic nitrogens is 3. The topological polar surface area (TPSA) is 123 Å². The van der Waals surface area contributed by atoms with Crippen molar-refractivity contribution in [1.82, 2.24) is 20.3 Å². The van der Waals surface area contributed by atoms with Crippen LogP contribution in [0.25, 0.3) is 11.3 Å². The summed E-state index contributed by atoms with van der Waals surface area (Å²) in [5, 5.41) is 18.8. The number of carboxylic acids is 1. The van der Waals surface area contributed by atoms with Crippen molar-refractivity contribution < 1.29 is 19.1 Å². The first-order chi connectivity index (χ1) is 11.3. The lowest BCUT2D eigenvalue weighted by atomic mass is 10.1. The number of hydrogen-bond acceptors (Lipinski definition) is 5. The Morgan fingerprint density at radius 3 is 2.71 bits per heavy atom. The SMILES string of the molecule is CC(C)n1nncc1-c1cc(F)cc(C(=O)NC[C@@H](N)C(=O)O)c1. The molecule has 0 aliphatic heterocycles. The van der Waals surface area contributed by atoms with E-state index in [-0.39, 0.29) is 18.2 Å². The van der Waals surface area contributed by atoms with Crippen LogP contribution in [0.1, 0.15) is 30.2 Å². The largest absolute Gasteiger partial charge is 0.480 e. The maximum atomic E-state index is 13.9. The number of amides is 1. The van der Waals surface area contributed by atoms with Crippen LogP contribution in [0.5, 0.6) is 0 Å². The van der Waals surface area contributed by atoms with E-state index >= 15 is 0 Å². The Labute approximate surface area is 137 Å². The summed E-state index contributed by atoms with van der Waals surface area (Å²) in [6.45, 7) is 3.54. The van der Waals surface area contributed by atoms with Gasteiger partial charge in [0.25, 0.3) is 5.91 Å². The van der Waals surface area contributed by atoms with E-state index in [1.165, 1.54) is 18.3 Å². The van der Waals surface area contributed by atoms with Crippen molar-refractivity contribution in [3.05, 3.63) is 35.8 Å². The summed E-state index contributed by atoms with van der Waals surface area (Å²) in [6, 6.07) is 2.61. The molecular formula is C15H18FN5O3. The Kier molecular flexibility index (Phi) is 5.24. The van der Waals surface area contributed by atoms with Crippen molar-refractivity contribution in [2.24, 2.45) is 5.73 Å². The van der Waals surface area contributed by atoms with Crippen LogP contribution in [0, 0.1) is 5.82 Å². The van der Waals surface area contributed by atoms with E-state index in [1.807, 2.05) is 13.8 Å². The minimum absolute atomic E-state index is 0.0107. The van der Waals surface area contributed by atoms with Crippen LogP contribution in [-0.4, -0.2) is 44.6 Å². The molecule has 1 aromatic heterocycles. The van der Waals surface area contributed by atoms with Gasteiger partial charge in [0.1, 0.15) is 11.9 Å². The van der Waals surface area contributed by atoms with E-state index in [0.29, 0.717) is 11.3 Å². The Morgan fingerprint density at radius 2 is 2.08 bits per heavy atom. The van der Waals surface area contributed by atoms with Crippen LogP contribution in [0.2, 0.25) is 0 Å². The smallest absolute Gasteiger partial charge is 0.322 e. The molecule has 1 atom stereocenters. The summed E-state index contributed by atoms with van der Waals surface area (Å²) in [6.07, 6.45) is 1.48. The minimum atomic E-state index is -1.23. The lowest BCUT2D eigenvalue weighted by Crippen LogP contribution is -2.42. The van der Waals surface area contributed by atoms with Crippen LogP contribution in [0.3, 0.4) is 0 Å². The van der Waals surface area contributed by atoms with Crippen molar-refractivity contribution >= 4 is 11.9 Å². The van der Waals surface area contributed by atoms with Crippen molar-refractivity contribution in [2.45, 2.75) is 25.9 Å². The molecule has 0 spiro atoms. The first kappa shape index (κ1) is 17.5. The molecule has 2 aromatic rings. The monoisotopic (exact) mass is 335 g/mol. The molecule has 1 amide bonds. The third-order valence-electron chi connectivity index (χ3n) is 3.32. The van der Waals surface area contributed by atoms with Crippen LogP contribution in [-0.2, 0) is 4.79 Å². The van der Waals surface area contributed by atoms with Gasteiger partial charge >= 0.3 is 5.97 Å². The molecule has 1 aromatic carbocycles. The molecule has 0 aliphatic rings. The lowest BCUT2D eigenvalue weighted by molar-refractivity contribution is -0.138. The predicted octanol–water partition coefficient (Wildman–Crippen LogP) is 0.807. The van der Waals surface area contributed by atoms with Crippen LogP contribution >= 0.6 is 0 Å². The Bertz CT molecular complexity index is 759. The van der Waals surface area contributed by atoms with Gasteiger partial charge in [-0.25, -0.2) is 9.07 Å². The molecule has 0 bridgehead atoms. The number of nitrogens with two attached hydrogens (primary N) is 1. The highest BCUT2D eigenvalue weighted by Gasteiger charge is 2.16. The molecule has 128 valence electrons. The summed E-state index contributed by atoms with van der Waals surface area (Å²) in [7, 11) is 0. The van der Waals surface area contributed by atoms with Gasteiger partial charge in [-0.05, 0) is 32.0 Å². The number of hydrogen-bond donors (Lipinski definition) is 3. The van der Waals surface area contributed by atoms with Crippen LogP contribution in [0.4, 0.5) is 4.39 Å². The molecular weight excluding hydrogens is 317 g/mol. The van der Waals surface area contributed by atoms with Crippen molar-refractivity contribution in [3.63, 3.8) is 0 Å². The number of benzene rings is 1. The highest BCUT2D eigenvalue weighted by atomic mass is 19.1. The second kappa shape index (κ2) is 7.18. The Hall–Kier alpha value is -2.81. The minimum Gasteiger partial charge on any atom is -0.480 e. The van der Waals surface area contributed by atoms with Gasteiger partial charge < -0.3 is 16.2 Å². The Morgan fingerprint density at radius 1 is 1.38 bits per heavy atom. The maximum absolute atomic E-state index is 13.9. The van der Waals surface area contributed by atoms with Crippen LogP contribution in [0.15, 0.2) is 24.4 Å². The standard InChI is InChI=1S/C15H18FN5O3/c1-8(2)21-13(7-19-20-21)9-3-10(5-11(16)4-9)14(22)18-6-12(17)15(23)24/h3-5,7-8,12H,6,17H2,1-2H3,(H,18,22)(H,23,24)/t12-/m1/s1. The first-order valence-corrected chi connectivity index (χ1v) is 7.27. The third-order valence-corrected chi connectivity index (χ3v) is 3.32. The summed E-state index contributed by atoms with van der Waals surface area (Å²) in [4.78, 5) is 22.8. The van der Waals surface area contributed by atoms with E-state index in [2.05, 4.69) is 15.6 Å². The summed E-state index contributed by atoms with van der Waals surface area (Å²) >= 11 is 0. The summed E-state index contributed by atoms with van der Waals surface area (Å²) < 4.78 is 15.5. The number of nitrogens with one attached hydrogen (secondary N) is 1. The summed E-state index contributed by atoms with van der Waals surface area (Å²) in [5.41, 5.74) is 6.40. The number of carbonyl (C=O) groups is 2. The molecule has 0 unspecified atom stereocenters. The van der Waals surface area contributed by atoms with E-state index < -0.39 is 23.7 Å². The molecule has 8 nitrogen and oxygen atoms in total. The molecule has 24 heavy (non-hydrogen) atoms. The van der Waals surface area contributed by atoms with Gasteiger partial charge in [-0.1, -0.05) is 5.21 Å². The third kappa shape index (κ3) is 3.93. The van der Waals surface area contributed by atoms with Crippen molar-refractivity contribution in [2.75, 3.05) is 6.54 Å². The molecule has 4 N–H and O–H groups in total. The Balaban J connectivity index is 2.27. The molecule has 9 heteroatoms. The van der Waals surface area contributed by atoms with E-state index in [9.17, 15) is 14.0 Å². The number of rotatable bonds is 6. The quantitative estimate of drug-likeness (QED) is 0.718. The first-order valence-electron chi connectivity index (χ1n) is 7.27. The molecule has 0 radical (unpaired) electrons. The van der Waals surface area contributed by atoms with Crippen LogP contribution < -0.4 is 11.1 Å². The predicted molar refractivity (Wildman–Crippen MR) is 83.7 cm³/mol. The van der Waals surface area contributed by atoms with E-state index in [4.69, 9.17) is 10.8 Å². The van der Waals surface area contributed by atoms with Gasteiger partial charge in [-0.2, -0.15) is 0 Å². The average Bonchev–Trinajstić information content (AvgIpc) is 3.01. The number of nitrogens with zero attached hydrogens (tertiary/aromatic N) is 3. The zero-order chi connectivity index (χ0) is 17.9. The van der Waals surface area contributed by atoms with Gasteiger partial charge in [0.2, 0.25) is 0 Å². The summed E-state index contributed by atoms with van der Waals surface area (Å²) in [5.74, 6) is -2.45. The fourth-order valence-electron chi connectivity index (χ4n) is 2.09. The number of halogens is 1. The lowest BCUT2D eigenvalue weighted by Gasteiger charge is -2.12. The average molecular weight is 335 g/mol. The molecule has 0 saturated carbocycles.